The molecule has 0 amide bonds. The lowest BCUT2D eigenvalue weighted by molar-refractivity contribution is -0.189. The third-order valence-corrected chi connectivity index (χ3v) is 4.56. The Labute approximate surface area is 108 Å². The first-order chi connectivity index (χ1) is 8.39. The Hall–Kier alpha value is -0.763. The molecule has 1 aliphatic heterocycles. The molecule has 0 saturated carbocycles. The summed E-state index contributed by atoms with van der Waals surface area (Å²) in [5.74, 6) is 0.419. The number of nitrogens with zero attached hydrogens (tertiary/aromatic N) is 3. The minimum Gasteiger partial charge on any atom is -0.377 e. The summed E-state index contributed by atoms with van der Waals surface area (Å²) >= 11 is 0. The second kappa shape index (κ2) is 5.08. The predicted molar refractivity (Wildman–Crippen MR) is 68.8 cm³/mol. The Bertz CT molecular complexity index is 398. The quantitative estimate of drug-likeness (QED) is 0.612. The fourth-order valence-corrected chi connectivity index (χ4v) is 2.29. The zero-order valence-electron chi connectivity index (χ0n) is 11.2. The average molecular weight is 271 g/mol. The van der Waals surface area contributed by atoms with Crippen molar-refractivity contribution in [3.05, 3.63) is 12.2 Å². The van der Waals surface area contributed by atoms with Gasteiger partial charge in [-0.05, 0) is 6.04 Å². The van der Waals surface area contributed by atoms with E-state index in [-0.39, 0.29) is 13.2 Å². The highest BCUT2D eigenvalue weighted by Gasteiger charge is 2.41. The molecule has 0 radical (unpaired) electrons. The minimum absolute atomic E-state index is 0.271. The Balaban J connectivity index is 1.77. The van der Waals surface area contributed by atoms with Gasteiger partial charge in [-0.3, -0.25) is 0 Å². The van der Waals surface area contributed by atoms with Crippen molar-refractivity contribution in [3.63, 3.8) is 0 Å². The molecule has 18 heavy (non-hydrogen) atoms. The van der Waals surface area contributed by atoms with Crippen molar-refractivity contribution < 1.29 is 14.6 Å². The van der Waals surface area contributed by atoms with E-state index < -0.39 is 13.7 Å². The molecule has 0 atom stereocenters. The normalized spacial score (nSPS) is 18.7. The Morgan fingerprint density at radius 1 is 1.50 bits per heavy atom. The standard InChI is InChI=1S/C11H21N3O3Si/c1-18(2,3)5-4-16-9-14-8-12-10(13-14)11(15)6-17-7-11/h8,15H,4-7,9H2,1-3H3. The first kappa shape index (κ1) is 13.7. The summed E-state index contributed by atoms with van der Waals surface area (Å²) in [4.78, 5) is 4.09. The van der Waals surface area contributed by atoms with Crippen LogP contribution in [0.4, 0.5) is 0 Å². The van der Waals surface area contributed by atoms with E-state index in [2.05, 4.69) is 29.7 Å². The SMILES string of the molecule is C[Si](C)(C)CCOCn1cnc(C2(O)COC2)n1. The number of ether oxygens (including phenoxy) is 2. The molecule has 0 aromatic carbocycles. The van der Waals surface area contributed by atoms with Crippen molar-refractivity contribution in [1.29, 1.82) is 0 Å². The molecule has 1 fully saturated rings. The van der Waals surface area contributed by atoms with Gasteiger partial charge in [-0.25, -0.2) is 9.67 Å². The van der Waals surface area contributed by atoms with Crippen molar-refractivity contribution >= 4 is 8.07 Å². The van der Waals surface area contributed by atoms with Crippen LogP contribution in [0.15, 0.2) is 6.33 Å². The Morgan fingerprint density at radius 2 is 2.22 bits per heavy atom. The predicted octanol–water partition coefficient (Wildman–Crippen LogP) is 0.808. The van der Waals surface area contributed by atoms with Gasteiger partial charge in [-0.2, -0.15) is 5.10 Å². The van der Waals surface area contributed by atoms with E-state index in [1.807, 2.05) is 0 Å². The third-order valence-electron chi connectivity index (χ3n) is 2.85. The molecule has 0 unspecified atom stereocenters. The van der Waals surface area contributed by atoms with Gasteiger partial charge in [0.1, 0.15) is 13.1 Å². The Morgan fingerprint density at radius 3 is 2.78 bits per heavy atom. The van der Waals surface area contributed by atoms with Crippen LogP contribution in [0.1, 0.15) is 5.82 Å². The molecule has 7 heteroatoms. The van der Waals surface area contributed by atoms with Crippen LogP contribution in [0.5, 0.6) is 0 Å². The van der Waals surface area contributed by atoms with E-state index in [1.165, 1.54) is 0 Å². The van der Waals surface area contributed by atoms with Crippen LogP contribution in [-0.2, 0) is 21.8 Å². The second-order valence-corrected chi connectivity index (χ2v) is 11.6. The highest BCUT2D eigenvalue weighted by Crippen LogP contribution is 2.25. The molecule has 102 valence electrons. The maximum absolute atomic E-state index is 9.97. The molecule has 2 heterocycles. The molecular formula is C11H21N3O3Si. The summed E-state index contributed by atoms with van der Waals surface area (Å²) in [6.07, 6.45) is 1.58. The van der Waals surface area contributed by atoms with Gasteiger partial charge in [0.2, 0.25) is 0 Å². The van der Waals surface area contributed by atoms with Crippen molar-refractivity contribution in [2.45, 2.75) is 38.0 Å². The van der Waals surface area contributed by atoms with Gasteiger partial charge in [0.15, 0.2) is 11.4 Å². The highest BCUT2D eigenvalue weighted by molar-refractivity contribution is 6.76. The highest BCUT2D eigenvalue weighted by atomic mass is 28.3. The van der Waals surface area contributed by atoms with Crippen LogP contribution in [0, 0.1) is 0 Å². The lowest BCUT2D eigenvalue weighted by Gasteiger charge is -2.33. The lowest BCUT2D eigenvalue weighted by atomic mass is 10.0. The molecule has 1 aliphatic rings. The van der Waals surface area contributed by atoms with Crippen LogP contribution >= 0.6 is 0 Å². The smallest absolute Gasteiger partial charge is 0.187 e. The number of rotatable bonds is 6. The van der Waals surface area contributed by atoms with E-state index in [0.29, 0.717) is 12.6 Å². The largest absolute Gasteiger partial charge is 0.377 e. The number of hydrogen-bond acceptors (Lipinski definition) is 5. The molecule has 6 nitrogen and oxygen atoms in total. The van der Waals surface area contributed by atoms with Crippen molar-refractivity contribution in [3.8, 4) is 0 Å². The number of hydrogen-bond donors (Lipinski definition) is 1. The average Bonchev–Trinajstić information content (AvgIpc) is 2.68. The van der Waals surface area contributed by atoms with Gasteiger partial charge in [-0.15, -0.1) is 0 Å². The van der Waals surface area contributed by atoms with Crippen LogP contribution in [-0.4, -0.2) is 47.8 Å². The fraction of sp³-hybridized carbons (Fsp3) is 0.818. The van der Waals surface area contributed by atoms with Gasteiger partial charge < -0.3 is 14.6 Å². The molecule has 1 aromatic heterocycles. The molecule has 2 rings (SSSR count). The van der Waals surface area contributed by atoms with Crippen molar-refractivity contribution in [1.82, 2.24) is 14.8 Å². The zero-order chi connectivity index (χ0) is 13.2. The first-order valence-corrected chi connectivity index (χ1v) is 9.88. The summed E-state index contributed by atoms with van der Waals surface area (Å²) in [7, 11) is -1.04. The molecule has 1 N–H and O–H groups in total. The van der Waals surface area contributed by atoms with Crippen LogP contribution in [0.2, 0.25) is 25.7 Å². The van der Waals surface area contributed by atoms with Crippen LogP contribution in [0.3, 0.4) is 0 Å². The summed E-state index contributed by atoms with van der Waals surface area (Å²) in [6.45, 7) is 8.62. The minimum atomic E-state index is -1.04. The molecular weight excluding hydrogens is 250 g/mol. The monoisotopic (exact) mass is 271 g/mol. The maximum atomic E-state index is 9.97. The van der Waals surface area contributed by atoms with E-state index in [1.54, 1.807) is 11.0 Å². The summed E-state index contributed by atoms with van der Waals surface area (Å²) < 4.78 is 12.1. The second-order valence-electron chi connectivity index (χ2n) is 5.98. The van der Waals surface area contributed by atoms with Gasteiger partial charge in [0, 0.05) is 14.7 Å². The Kier molecular flexibility index (Phi) is 3.86. The van der Waals surface area contributed by atoms with Gasteiger partial charge >= 0.3 is 0 Å². The summed E-state index contributed by atoms with van der Waals surface area (Å²) in [6, 6.07) is 1.13. The van der Waals surface area contributed by atoms with Crippen LogP contribution in [0.25, 0.3) is 0 Å². The first-order valence-electron chi connectivity index (χ1n) is 6.17. The van der Waals surface area contributed by atoms with E-state index in [0.717, 1.165) is 12.7 Å². The van der Waals surface area contributed by atoms with Crippen molar-refractivity contribution in [2.75, 3.05) is 19.8 Å². The molecule has 1 saturated heterocycles. The molecule has 1 aromatic rings. The molecule has 0 aliphatic carbocycles. The van der Waals surface area contributed by atoms with E-state index in [4.69, 9.17) is 9.47 Å². The van der Waals surface area contributed by atoms with E-state index in [9.17, 15) is 5.11 Å². The number of aromatic nitrogens is 3. The molecule has 0 spiro atoms. The summed E-state index contributed by atoms with van der Waals surface area (Å²) in [5.41, 5.74) is -0.996. The number of aliphatic hydroxyl groups is 1. The fourth-order valence-electron chi connectivity index (χ4n) is 1.53. The van der Waals surface area contributed by atoms with E-state index >= 15 is 0 Å². The van der Waals surface area contributed by atoms with Gasteiger partial charge in [0.25, 0.3) is 0 Å². The third kappa shape index (κ3) is 3.38. The molecule has 0 bridgehead atoms. The van der Waals surface area contributed by atoms with Crippen LogP contribution < -0.4 is 0 Å². The summed E-state index contributed by atoms with van der Waals surface area (Å²) in [5, 5.41) is 14.2. The van der Waals surface area contributed by atoms with Gasteiger partial charge in [0.05, 0.1) is 13.2 Å². The van der Waals surface area contributed by atoms with Crippen molar-refractivity contribution in [2.24, 2.45) is 0 Å². The maximum Gasteiger partial charge on any atom is 0.187 e. The topological polar surface area (TPSA) is 69.4 Å². The lowest BCUT2D eigenvalue weighted by Crippen LogP contribution is -2.47. The van der Waals surface area contributed by atoms with Gasteiger partial charge in [-0.1, -0.05) is 19.6 Å². The zero-order valence-corrected chi connectivity index (χ0v) is 12.2.